The molecular weight excluding hydrogens is 200 g/mol. The topological polar surface area (TPSA) is 22.4 Å². The van der Waals surface area contributed by atoms with Crippen LogP contribution in [0.5, 0.6) is 5.75 Å². The number of hydrogen-bond donors (Lipinski definition) is 0. The van der Waals surface area contributed by atoms with E-state index in [4.69, 9.17) is 9.15 Å². The van der Waals surface area contributed by atoms with Gasteiger partial charge in [-0.1, -0.05) is 6.42 Å². The average molecular weight is 218 g/mol. The lowest BCUT2D eigenvalue weighted by Crippen LogP contribution is -2.23. The van der Waals surface area contributed by atoms with Crippen molar-refractivity contribution in [3.63, 3.8) is 0 Å². The van der Waals surface area contributed by atoms with Crippen LogP contribution in [0.3, 0.4) is 0 Å². The first-order chi connectivity index (χ1) is 7.93. The Morgan fingerprint density at radius 3 is 2.81 bits per heavy atom. The van der Waals surface area contributed by atoms with Crippen molar-refractivity contribution < 1.29 is 9.15 Å². The third kappa shape index (κ3) is 1.13. The number of furan rings is 1. The summed E-state index contributed by atoms with van der Waals surface area (Å²) in [7, 11) is 0. The summed E-state index contributed by atoms with van der Waals surface area (Å²) in [5.74, 6) is 4.18. The van der Waals surface area contributed by atoms with Gasteiger partial charge in [-0.05, 0) is 38.5 Å². The SMILES string of the molecule is C1CCc2c(oc3c2OC2CCCCC32)C1. The van der Waals surface area contributed by atoms with Crippen LogP contribution in [0.4, 0.5) is 0 Å². The Hall–Kier alpha value is -0.920. The molecule has 0 radical (unpaired) electrons. The van der Waals surface area contributed by atoms with Gasteiger partial charge in [0, 0.05) is 12.0 Å². The van der Waals surface area contributed by atoms with Gasteiger partial charge in [-0.3, -0.25) is 0 Å². The van der Waals surface area contributed by atoms with E-state index in [1.807, 2.05) is 0 Å². The van der Waals surface area contributed by atoms with Crippen molar-refractivity contribution in [2.75, 3.05) is 0 Å². The van der Waals surface area contributed by atoms with E-state index in [2.05, 4.69) is 0 Å². The maximum absolute atomic E-state index is 6.16. The van der Waals surface area contributed by atoms with Crippen molar-refractivity contribution in [1.29, 1.82) is 0 Å². The van der Waals surface area contributed by atoms with Crippen molar-refractivity contribution >= 4 is 0 Å². The second-order valence-corrected chi connectivity index (χ2v) is 5.45. The number of fused-ring (bicyclic) bond motifs is 5. The summed E-state index contributed by atoms with van der Waals surface area (Å²) in [5, 5.41) is 0. The van der Waals surface area contributed by atoms with E-state index < -0.39 is 0 Å². The molecule has 0 bridgehead atoms. The first kappa shape index (κ1) is 9.15. The second kappa shape index (κ2) is 3.28. The summed E-state index contributed by atoms with van der Waals surface area (Å²) in [4.78, 5) is 0. The standard InChI is InChI=1S/C14H18O2/c1-3-7-11-9(5-1)13-14(15-11)10-6-2-4-8-12(10)16-13/h9,11H,1-8H2. The predicted molar refractivity (Wildman–Crippen MR) is 61.0 cm³/mol. The fraction of sp³-hybridized carbons (Fsp3) is 0.714. The molecule has 2 heteroatoms. The first-order valence-electron chi connectivity index (χ1n) is 6.74. The lowest BCUT2D eigenvalue weighted by atomic mass is 9.86. The molecule has 1 aromatic rings. The highest BCUT2D eigenvalue weighted by Gasteiger charge is 2.42. The van der Waals surface area contributed by atoms with Crippen molar-refractivity contribution in [1.82, 2.24) is 0 Å². The van der Waals surface area contributed by atoms with Gasteiger partial charge >= 0.3 is 0 Å². The second-order valence-electron chi connectivity index (χ2n) is 5.45. The van der Waals surface area contributed by atoms with Crippen LogP contribution in [0, 0.1) is 0 Å². The minimum absolute atomic E-state index is 0.440. The van der Waals surface area contributed by atoms with Crippen LogP contribution >= 0.6 is 0 Å². The number of rotatable bonds is 0. The van der Waals surface area contributed by atoms with Gasteiger partial charge in [-0.2, -0.15) is 0 Å². The fourth-order valence-corrected chi connectivity index (χ4v) is 3.62. The zero-order valence-corrected chi connectivity index (χ0v) is 9.63. The molecular formula is C14H18O2. The molecule has 1 fully saturated rings. The highest BCUT2D eigenvalue weighted by Crippen LogP contribution is 2.50. The third-order valence-corrected chi connectivity index (χ3v) is 4.46. The molecule has 2 unspecified atom stereocenters. The Bertz CT molecular complexity index is 419. The van der Waals surface area contributed by atoms with Crippen LogP contribution in [0.2, 0.25) is 0 Å². The lowest BCUT2D eigenvalue weighted by Gasteiger charge is -2.24. The van der Waals surface area contributed by atoms with Crippen molar-refractivity contribution in [2.24, 2.45) is 0 Å². The Labute approximate surface area is 96.0 Å². The molecule has 2 nitrogen and oxygen atoms in total. The highest BCUT2D eigenvalue weighted by molar-refractivity contribution is 5.46. The molecule has 1 aliphatic heterocycles. The van der Waals surface area contributed by atoms with E-state index in [9.17, 15) is 0 Å². The van der Waals surface area contributed by atoms with Crippen LogP contribution in [0.1, 0.15) is 61.5 Å². The molecule has 3 aliphatic rings. The molecule has 1 saturated carbocycles. The summed E-state index contributed by atoms with van der Waals surface area (Å²) in [6, 6.07) is 0. The first-order valence-corrected chi connectivity index (χ1v) is 6.74. The van der Waals surface area contributed by atoms with E-state index >= 15 is 0 Å². The van der Waals surface area contributed by atoms with E-state index in [1.54, 1.807) is 0 Å². The Morgan fingerprint density at radius 1 is 0.938 bits per heavy atom. The predicted octanol–water partition coefficient (Wildman–Crippen LogP) is 3.58. The van der Waals surface area contributed by atoms with Gasteiger partial charge in [0.1, 0.15) is 11.9 Å². The lowest BCUT2D eigenvalue weighted by molar-refractivity contribution is 0.156. The fourth-order valence-electron chi connectivity index (χ4n) is 3.62. The average Bonchev–Trinajstić information content (AvgIpc) is 2.85. The van der Waals surface area contributed by atoms with E-state index in [0.29, 0.717) is 12.0 Å². The highest BCUT2D eigenvalue weighted by atomic mass is 16.5. The Balaban J connectivity index is 1.78. The van der Waals surface area contributed by atoms with Gasteiger partial charge in [0.05, 0.1) is 5.92 Å². The maximum Gasteiger partial charge on any atom is 0.164 e. The minimum Gasteiger partial charge on any atom is -0.486 e. The normalized spacial score (nSPS) is 31.5. The van der Waals surface area contributed by atoms with Gasteiger partial charge in [0.25, 0.3) is 0 Å². The molecule has 2 aliphatic carbocycles. The summed E-state index contributed by atoms with van der Waals surface area (Å²) in [6.07, 6.45) is 10.5. The quantitative estimate of drug-likeness (QED) is 0.664. The van der Waals surface area contributed by atoms with Crippen molar-refractivity contribution in [3.8, 4) is 5.75 Å². The molecule has 86 valence electrons. The molecule has 4 rings (SSSR count). The molecule has 16 heavy (non-hydrogen) atoms. The molecule has 1 aromatic heterocycles. The zero-order chi connectivity index (χ0) is 10.5. The van der Waals surface area contributed by atoms with Crippen molar-refractivity contribution in [3.05, 3.63) is 17.1 Å². The van der Waals surface area contributed by atoms with Crippen LogP contribution in [0.25, 0.3) is 0 Å². The summed E-state index contributed by atoms with van der Waals surface area (Å²) >= 11 is 0. The molecule has 0 spiro atoms. The Morgan fingerprint density at radius 2 is 1.81 bits per heavy atom. The van der Waals surface area contributed by atoms with Crippen LogP contribution in [-0.4, -0.2) is 6.10 Å². The molecule has 0 aromatic carbocycles. The molecule has 0 N–H and O–H groups in total. The summed E-state index contributed by atoms with van der Waals surface area (Å²) in [6.45, 7) is 0. The summed E-state index contributed by atoms with van der Waals surface area (Å²) < 4.78 is 12.2. The largest absolute Gasteiger partial charge is 0.486 e. The van der Waals surface area contributed by atoms with Crippen LogP contribution in [0.15, 0.2) is 4.42 Å². The van der Waals surface area contributed by atoms with Gasteiger partial charge in [-0.25, -0.2) is 0 Å². The zero-order valence-electron chi connectivity index (χ0n) is 9.63. The smallest absolute Gasteiger partial charge is 0.164 e. The monoisotopic (exact) mass is 218 g/mol. The molecule has 2 atom stereocenters. The number of ether oxygens (including phenoxy) is 1. The van der Waals surface area contributed by atoms with Gasteiger partial charge in [0.2, 0.25) is 0 Å². The van der Waals surface area contributed by atoms with Crippen LogP contribution in [-0.2, 0) is 12.8 Å². The number of aryl methyl sites for hydroxylation is 1. The molecule has 2 heterocycles. The van der Waals surface area contributed by atoms with Gasteiger partial charge in [0.15, 0.2) is 11.5 Å². The third-order valence-electron chi connectivity index (χ3n) is 4.46. The molecule has 0 amide bonds. The van der Waals surface area contributed by atoms with E-state index in [1.165, 1.54) is 62.0 Å². The minimum atomic E-state index is 0.440. The molecule has 0 saturated heterocycles. The van der Waals surface area contributed by atoms with Crippen molar-refractivity contribution in [2.45, 2.75) is 63.4 Å². The van der Waals surface area contributed by atoms with Gasteiger partial charge < -0.3 is 9.15 Å². The summed E-state index contributed by atoms with van der Waals surface area (Å²) in [5.41, 5.74) is 1.41. The Kier molecular flexibility index (Phi) is 1.88. The van der Waals surface area contributed by atoms with Crippen LogP contribution < -0.4 is 4.74 Å². The van der Waals surface area contributed by atoms with E-state index in [-0.39, 0.29) is 0 Å². The number of hydrogen-bond acceptors (Lipinski definition) is 2. The maximum atomic E-state index is 6.16. The van der Waals surface area contributed by atoms with Gasteiger partial charge in [-0.15, -0.1) is 0 Å². The van der Waals surface area contributed by atoms with E-state index in [0.717, 1.165) is 12.2 Å².